The first kappa shape index (κ1) is 22.7. The highest BCUT2D eigenvalue weighted by atomic mass is 79.9. The lowest BCUT2D eigenvalue weighted by Gasteiger charge is -2.17. The number of benzene rings is 2. The van der Waals surface area contributed by atoms with E-state index < -0.39 is 0 Å². The lowest BCUT2D eigenvalue weighted by molar-refractivity contribution is -0.123. The number of hydrogen-bond acceptors (Lipinski definition) is 5. The van der Waals surface area contributed by atoms with Crippen molar-refractivity contribution in [2.24, 2.45) is 0 Å². The topological polar surface area (TPSA) is 55.8 Å². The maximum absolute atomic E-state index is 12.8. The molecule has 0 spiro atoms. The molecule has 1 aliphatic heterocycles. The highest BCUT2D eigenvalue weighted by Gasteiger charge is 2.35. The van der Waals surface area contributed by atoms with Gasteiger partial charge in [-0.3, -0.25) is 14.5 Å². The van der Waals surface area contributed by atoms with Crippen LogP contribution in [-0.4, -0.2) is 28.8 Å². The molecule has 2 aromatic rings. The molecule has 3 rings (SSSR count). The smallest absolute Gasteiger partial charge is 0.293 e. The van der Waals surface area contributed by atoms with Crippen LogP contribution in [0.1, 0.15) is 31.9 Å². The van der Waals surface area contributed by atoms with E-state index in [4.69, 9.17) is 21.1 Å². The molecule has 1 aliphatic rings. The molecule has 1 heterocycles. The standard InChI is InChI=1S/C22H21BrClNO4S/c1-4-28-18-10-15(9-17(23)20(18)29-13(2)3)11-19-21(26)25(22(27)30-19)12-14-5-7-16(24)8-6-14/h5-11,13H,4,12H2,1-3H3/b19-11+. The summed E-state index contributed by atoms with van der Waals surface area (Å²) in [5, 5.41) is 0.304. The normalized spacial score (nSPS) is 15.4. The minimum Gasteiger partial charge on any atom is -0.490 e. The monoisotopic (exact) mass is 509 g/mol. The number of imide groups is 1. The minimum atomic E-state index is -0.323. The van der Waals surface area contributed by atoms with Crippen molar-refractivity contribution in [3.63, 3.8) is 0 Å². The molecule has 1 fully saturated rings. The highest BCUT2D eigenvalue weighted by molar-refractivity contribution is 9.10. The summed E-state index contributed by atoms with van der Waals surface area (Å²) in [5.41, 5.74) is 1.57. The van der Waals surface area contributed by atoms with Crippen LogP contribution in [0, 0.1) is 0 Å². The second kappa shape index (κ2) is 9.90. The summed E-state index contributed by atoms with van der Waals surface area (Å²) in [5.74, 6) is 0.864. The van der Waals surface area contributed by atoms with Gasteiger partial charge in [0.05, 0.1) is 28.6 Å². The van der Waals surface area contributed by atoms with Gasteiger partial charge in [0.1, 0.15) is 0 Å². The number of rotatable bonds is 7. The van der Waals surface area contributed by atoms with Gasteiger partial charge in [0.15, 0.2) is 11.5 Å². The van der Waals surface area contributed by atoms with Crippen LogP contribution in [0.4, 0.5) is 4.79 Å². The van der Waals surface area contributed by atoms with Crippen LogP contribution >= 0.6 is 39.3 Å². The van der Waals surface area contributed by atoms with Crippen molar-refractivity contribution in [2.45, 2.75) is 33.4 Å². The molecule has 0 aliphatic carbocycles. The molecule has 1 saturated heterocycles. The second-order valence-electron chi connectivity index (χ2n) is 6.82. The fraction of sp³-hybridized carbons (Fsp3) is 0.273. The number of carbonyl (C=O) groups excluding carboxylic acids is 2. The Bertz CT molecular complexity index is 991. The van der Waals surface area contributed by atoms with Crippen LogP contribution in [0.2, 0.25) is 5.02 Å². The molecule has 2 amide bonds. The second-order valence-corrected chi connectivity index (χ2v) is 9.11. The van der Waals surface area contributed by atoms with Crippen LogP contribution in [0.25, 0.3) is 6.08 Å². The Kier molecular flexibility index (Phi) is 7.50. The van der Waals surface area contributed by atoms with E-state index in [0.29, 0.717) is 32.5 Å². The Morgan fingerprint density at radius 2 is 1.90 bits per heavy atom. The Hall–Kier alpha value is -1.96. The van der Waals surface area contributed by atoms with Crippen molar-refractivity contribution in [1.82, 2.24) is 4.90 Å². The zero-order valence-electron chi connectivity index (χ0n) is 16.8. The molecule has 0 atom stereocenters. The number of nitrogens with zero attached hydrogens (tertiary/aromatic N) is 1. The van der Waals surface area contributed by atoms with Crippen LogP contribution in [0.5, 0.6) is 11.5 Å². The van der Waals surface area contributed by atoms with Crippen LogP contribution in [0.15, 0.2) is 45.8 Å². The average Bonchev–Trinajstić information content (AvgIpc) is 2.93. The summed E-state index contributed by atoms with van der Waals surface area (Å²) in [6.07, 6.45) is 1.68. The Morgan fingerprint density at radius 3 is 2.53 bits per heavy atom. The number of hydrogen-bond donors (Lipinski definition) is 0. The van der Waals surface area contributed by atoms with Gasteiger partial charge in [-0.15, -0.1) is 0 Å². The van der Waals surface area contributed by atoms with Crippen molar-refractivity contribution in [2.75, 3.05) is 6.61 Å². The van der Waals surface area contributed by atoms with Gasteiger partial charge in [-0.1, -0.05) is 23.7 Å². The summed E-state index contributed by atoms with van der Waals surface area (Å²) in [4.78, 5) is 26.8. The first-order valence-electron chi connectivity index (χ1n) is 9.41. The summed E-state index contributed by atoms with van der Waals surface area (Å²) < 4.78 is 12.3. The molecule has 158 valence electrons. The van der Waals surface area contributed by atoms with E-state index in [0.717, 1.165) is 22.9 Å². The maximum atomic E-state index is 12.8. The zero-order valence-corrected chi connectivity index (χ0v) is 19.9. The van der Waals surface area contributed by atoms with Gasteiger partial charge in [-0.05, 0) is 89.9 Å². The predicted octanol–water partition coefficient (Wildman–Crippen LogP) is 6.52. The summed E-state index contributed by atoms with van der Waals surface area (Å²) in [6.45, 7) is 6.44. The van der Waals surface area contributed by atoms with Crippen molar-refractivity contribution in [1.29, 1.82) is 0 Å². The number of thioether (sulfide) groups is 1. The molecule has 5 nitrogen and oxygen atoms in total. The fourth-order valence-corrected chi connectivity index (χ4v) is 4.36. The molecule has 0 aromatic heterocycles. The molecule has 2 aromatic carbocycles. The third kappa shape index (κ3) is 5.39. The minimum absolute atomic E-state index is 0.0178. The number of ether oxygens (including phenoxy) is 2. The van der Waals surface area contributed by atoms with Crippen LogP contribution < -0.4 is 9.47 Å². The molecule has 8 heteroatoms. The van der Waals surface area contributed by atoms with Gasteiger partial charge in [0.25, 0.3) is 11.1 Å². The van der Waals surface area contributed by atoms with Crippen molar-refractivity contribution < 1.29 is 19.1 Å². The van der Waals surface area contributed by atoms with E-state index >= 15 is 0 Å². The van der Waals surface area contributed by atoms with Crippen LogP contribution in [-0.2, 0) is 11.3 Å². The third-order valence-electron chi connectivity index (χ3n) is 4.11. The highest BCUT2D eigenvalue weighted by Crippen LogP contribution is 2.40. The first-order valence-corrected chi connectivity index (χ1v) is 11.4. The van der Waals surface area contributed by atoms with Gasteiger partial charge < -0.3 is 9.47 Å². The number of halogens is 2. The van der Waals surface area contributed by atoms with Crippen LogP contribution in [0.3, 0.4) is 0 Å². The summed E-state index contributed by atoms with van der Waals surface area (Å²) in [7, 11) is 0. The molecule has 0 unspecified atom stereocenters. The molecule has 0 saturated carbocycles. The zero-order chi connectivity index (χ0) is 21.8. The Balaban J connectivity index is 1.86. The van der Waals surface area contributed by atoms with Gasteiger partial charge in [-0.2, -0.15) is 0 Å². The van der Waals surface area contributed by atoms with E-state index in [9.17, 15) is 9.59 Å². The lowest BCUT2D eigenvalue weighted by Crippen LogP contribution is -2.27. The Morgan fingerprint density at radius 1 is 1.20 bits per heavy atom. The van der Waals surface area contributed by atoms with E-state index in [1.54, 1.807) is 36.4 Å². The van der Waals surface area contributed by atoms with Gasteiger partial charge in [-0.25, -0.2) is 0 Å². The Labute approximate surface area is 193 Å². The average molecular weight is 511 g/mol. The van der Waals surface area contributed by atoms with Crippen molar-refractivity contribution in [3.05, 3.63) is 61.9 Å². The molecule has 0 bridgehead atoms. The predicted molar refractivity (Wildman–Crippen MR) is 124 cm³/mol. The maximum Gasteiger partial charge on any atom is 0.293 e. The molecular formula is C22H21BrClNO4S. The van der Waals surface area contributed by atoms with Gasteiger partial charge in [0, 0.05) is 5.02 Å². The molecule has 30 heavy (non-hydrogen) atoms. The largest absolute Gasteiger partial charge is 0.490 e. The summed E-state index contributed by atoms with van der Waals surface area (Å²) in [6, 6.07) is 10.7. The molecule has 0 radical (unpaired) electrons. The first-order chi connectivity index (χ1) is 14.3. The SMILES string of the molecule is CCOc1cc(/C=C2/SC(=O)N(Cc3ccc(Cl)cc3)C2=O)cc(Br)c1OC(C)C. The van der Waals surface area contributed by atoms with E-state index in [-0.39, 0.29) is 23.8 Å². The number of carbonyl (C=O) groups is 2. The van der Waals surface area contributed by atoms with Gasteiger partial charge >= 0.3 is 0 Å². The fourth-order valence-electron chi connectivity index (χ4n) is 2.84. The molecule has 0 N–H and O–H groups in total. The quantitative estimate of drug-likeness (QED) is 0.397. The van der Waals surface area contributed by atoms with E-state index in [2.05, 4.69) is 15.9 Å². The van der Waals surface area contributed by atoms with Gasteiger partial charge in [0.2, 0.25) is 0 Å². The van der Waals surface area contributed by atoms with Crippen molar-refractivity contribution >= 4 is 56.5 Å². The molecular weight excluding hydrogens is 490 g/mol. The lowest BCUT2D eigenvalue weighted by atomic mass is 10.1. The number of amides is 2. The van der Waals surface area contributed by atoms with Crippen molar-refractivity contribution in [3.8, 4) is 11.5 Å². The summed E-state index contributed by atoms with van der Waals surface area (Å²) >= 11 is 10.3. The third-order valence-corrected chi connectivity index (χ3v) is 5.86. The van der Waals surface area contributed by atoms with E-state index in [1.165, 1.54) is 4.90 Å². The van der Waals surface area contributed by atoms with E-state index in [1.807, 2.05) is 26.8 Å².